The Morgan fingerprint density at radius 3 is 2.86 bits per heavy atom. The quantitative estimate of drug-likeness (QED) is 0.654. The zero-order valence-electron chi connectivity index (χ0n) is 8.32. The lowest BCUT2D eigenvalue weighted by Gasteiger charge is -2.31. The number of carbonyl (C=O) groups is 1. The Labute approximate surface area is 83.8 Å². The lowest BCUT2D eigenvalue weighted by molar-refractivity contribution is -0.143. The average Bonchev–Trinajstić information content (AvgIpc) is 2.69. The lowest BCUT2D eigenvalue weighted by Crippen LogP contribution is -2.46. The third kappa shape index (κ3) is 2.07. The van der Waals surface area contributed by atoms with E-state index in [-0.39, 0.29) is 18.1 Å². The average molecular weight is 199 g/mol. The Bertz CT molecular complexity index is 213. The van der Waals surface area contributed by atoms with Crippen LogP contribution >= 0.6 is 0 Å². The summed E-state index contributed by atoms with van der Waals surface area (Å²) in [4.78, 5) is 13.6. The van der Waals surface area contributed by atoms with Gasteiger partial charge in [-0.05, 0) is 25.7 Å². The van der Waals surface area contributed by atoms with Crippen molar-refractivity contribution in [3.63, 3.8) is 0 Å². The van der Waals surface area contributed by atoms with Crippen molar-refractivity contribution < 1.29 is 14.6 Å². The van der Waals surface area contributed by atoms with Gasteiger partial charge >= 0.3 is 0 Å². The molecule has 2 atom stereocenters. The topological polar surface area (TPSA) is 49.8 Å². The number of aliphatic hydroxyl groups is 1. The summed E-state index contributed by atoms with van der Waals surface area (Å²) in [7, 11) is 0. The number of piperidine rings is 1. The normalized spacial score (nSPS) is 33.4. The molecule has 2 saturated heterocycles. The molecule has 0 saturated carbocycles. The van der Waals surface area contributed by atoms with E-state index >= 15 is 0 Å². The summed E-state index contributed by atoms with van der Waals surface area (Å²) in [6.45, 7) is 1.96. The number of amides is 1. The van der Waals surface area contributed by atoms with Gasteiger partial charge in [0.05, 0.1) is 6.10 Å². The zero-order valence-corrected chi connectivity index (χ0v) is 8.32. The Hall–Kier alpha value is -0.610. The second kappa shape index (κ2) is 4.28. The molecule has 0 aromatic rings. The van der Waals surface area contributed by atoms with Crippen LogP contribution in [0.2, 0.25) is 0 Å². The second-order valence-corrected chi connectivity index (χ2v) is 4.08. The van der Waals surface area contributed by atoms with E-state index in [1.54, 1.807) is 4.90 Å². The molecule has 1 N–H and O–H groups in total. The highest BCUT2D eigenvalue weighted by atomic mass is 16.5. The van der Waals surface area contributed by atoms with Gasteiger partial charge in [-0.3, -0.25) is 4.79 Å². The molecule has 14 heavy (non-hydrogen) atoms. The van der Waals surface area contributed by atoms with Crippen molar-refractivity contribution in [2.75, 3.05) is 19.7 Å². The number of likely N-dealkylation sites (tertiary alicyclic amines) is 1. The smallest absolute Gasteiger partial charge is 0.251 e. The van der Waals surface area contributed by atoms with Crippen LogP contribution in [0.4, 0.5) is 0 Å². The number of rotatable bonds is 1. The van der Waals surface area contributed by atoms with Crippen molar-refractivity contribution in [1.29, 1.82) is 0 Å². The van der Waals surface area contributed by atoms with Crippen LogP contribution < -0.4 is 0 Å². The van der Waals surface area contributed by atoms with Crippen molar-refractivity contribution in [3.8, 4) is 0 Å². The van der Waals surface area contributed by atoms with Gasteiger partial charge in [0.2, 0.25) is 0 Å². The van der Waals surface area contributed by atoms with Crippen molar-refractivity contribution in [2.24, 2.45) is 0 Å². The summed E-state index contributed by atoms with van der Waals surface area (Å²) in [5, 5.41) is 9.44. The Morgan fingerprint density at radius 2 is 2.21 bits per heavy atom. The predicted molar refractivity (Wildman–Crippen MR) is 50.8 cm³/mol. The second-order valence-electron chi connectivity index (χ2n) is 4.08. The minimum absolute atomic E-state index is 0.0706. The standard InChI is InChI=1S/C10H17NO3/c12-8-3-1-5-11(7-8)10(13)9-4-2-6-14-9/h8-9,12H,1-7H2/t8-,9-/m0/s1. The van der Waals surface area contributed by atoms with Gasteiger partial charge in [-0.15, -0.1) is 0 Å². The first-order chi connectivity index (χ1) is 6.77. The molecule has 2 rings (SSSR count). The first-order valence-corrected chi connectivity index (χ1v) is 5.36. The maximum absolute atomic E-state index is 11.8. The first kappa shape index (κ1) is 9.93. The highest BCUT2D eigenvalue weighted by molar-refractivity contribution is 5.81. The number of nitrogens with zero attached hydrogens (tertiary/aromatic N) is 1. The number of β-amino-alcohol motifs (C(OH)–C–C–N with tert-alkyl or cyclic N) is 1. The molecule has 4 nitrogen and oxygen atoms in total. The van der Waals surface area contributed by atoms with Gasteiger partial charge < -0.3 is 14.7 Å². The highest BCUT2D eigenvalue weighted by Gasteiger charge is 2.30. The monoisotopic (exact) mass is 199 g/mol. The molecule has 2 fully saturated rings. The molecule has 4 heteroatoms. The van der Waals surface area contributed by atoms with E-state index in [0.717, 1.165) is 32.2 Å². The van der Waals surface area contributed by atoms with E-state index in [0.29, 0.717) is 13.2 Å². The Balaban J connectivity index is 1.89. The number of aliphatic hydroxyl groups excluding tert-OH is 1. The van der Waals surface area contributed by atoms with Crippen LogP contribution in [0, 0.1) is 0 Å². The maximum Gasteiger partial charge on any atom is 0.251 e. The Kier molecular flexibility index (Phi) is 3.03. The molecule has 0 aliphatic carbocycles. The molecule has 0 aromatic heterocycles. The molecule has 80 valence electrons. The number of hydrogen-bond donors (Lipinski definition) is 1. The summed E-state index contributed by atoms with van der Waals surface area (Å²) in [6, 6.07) is 0. The molecule has 2 heterocycles. The van der Waals surface area contributed by atoms with Crippen LogP contribution in [0.3, 0.4) is 0 Å². The van der Waals surface area contributed by atoms with Crippen molar-refractivity contribution in [3.05, 3.63) is 0 Å². The van der Waals surface area contributed by atoms with Gasteiger partial charge in [-0.1, -0.05) is 0 Å². The molecular formula is C10H17NO3. The van der Waals surface area contributed by atoms with Gasteiger partial charge in [-0.2, -0.15) is 0 Å². The van der Waals surface area contributed by atoms with Crippen LogP contribution in [0.5, 0.6) is 0 Å². The van der Waals surface area contributed by atoms with E-state index in [4.69, 9.17) is 4.74 Å². The van der Waals surface area contributed by atoms with Gasteiger partial charge in [0.1, 0.15) is 6.10 Å². The van der Waals surface area contributed by atoms with Gasteiger partial charge in [0, 0.05) is 19.7 Å². The van der Waals surface area contributed by atoms with Crippen molar-refractivity contribution in [1.82, 2.24) is 4.90 Å². The summed E-state index contributed by atoms with van der Waals surface area (Å²) in [6.07, 6.45) is 2.96. The summed E-state index contributed by atoms with van der Waals surface area (Å²) < 4.78 is 5.33. The largest absolute Gasteiger partial charge is 0.391 e. The molecule has 0 spiro atoms. The minimum atomic E-state index is -0.339. The third-order valence-electron chi connectivity index (χ3n) is 2.91. The summed E-state index contributed by atoms with van der Waals surface area (Å²) in [5.74, 6) is 0.0706. The van der Waals surface area contributed by atoms with Gasteiger partial charge in [0.15, 0.2) is 0 Å². The van der Waals surface area contributed by atoms with Crippen molar-refractivity contribution >= 4 is 5.91 Å². The maximum atomic E-state index is 11.8. The van der Waals surface area contributed by atoms with E-state index in [1.165, 1.54) is 0 Å². The van der Waals surface area contributed by atoms with Gasteiger partial charge in [0.25, 0.3) is 5.91 Å². The number of hydrogen-bond acceptors (Lipinski definition) is 3. The molecular weight excluding hydrogens is 182 g/mol. The highest BCUT2D eigenvalue weighted by Crippen LogP contribution is 2.17. The fourth-order valence-corrected chi connectivity index (χ4v) is 2.13. The molecule has 0 aromatic carbocycles. The third-order valence-corrected chi connectivity index (χ3v) is 2.91. The van der Waals surface area contributed by atoms with Crippen LogP contribution in [0.25, 0.3) is 0 Å². The van der Waals surface area contributed by atoms with Crippen LogP contribution in [-0.4, -0.2) is 47.8 Å². The van der Waals surface area contributed by atoms with Crippen molar-refractivity contribution in [2.45, 2.75) is 37.9 Å². The SMILES string of the molecule is O=C([C@@H]1CCCO1)N1CCC[C@H](O)C1. The van der Waals surface area contributed by atoms with E-state index in [1.807, 2.05) is 0 Å². The zero-order chi connectivity index (χ0) is 9.97. The molecule has 0 bridgehead atoms. The molecule has 1 amide bonds. The number of ether oxygens (including phenoxy) is 1. The van der Waals surface area contributed by atoms with Gasteiger partial charge in [-0.25, -0.2) is 0 Å². The predicted octanol–water partition coefficient (Wildman–Crippen LogP) is 0.149. The van der Waals surface area contributed by atoms with E-state index in [2.05, 4.69) is 0 Å². The molecule has 2 aliphatic rings. The number of carbonyl (C=O) groups excluding carboxylic acids is 1. The summed E-state index contributed by atoms with van der Waals surface area (Å²) in [5.41, 5.74) is 0. The fourth-order valence-electron chi connectivity index (χ4n) is 2.13. The minimum Gasteiger partial charge on any atom is -0.391 e. The van der Waals surface area contributed by atoms with E-state index < -0.39 is 0 Å². The van der Waals surface area contributed by atoms with Crippen LogP contribution in [-0.2, 0) is 9.53 Å². The first-order valence-electron chi connectivity index (χ1n) is 5.36. The Morgan fingerprint density at radius 1 is 1.36 bits per heavy atom. The molecule has 0 radical (unpaired) electrons. The molecule has 2 aliphatic heterocycles. The molecule has 0 unspecified atom stereocenters. The fraction of sp³-hybridized carbons (Fsp3) is 0.900. The van der Waals surface area contributed by atoms with Crippen LogP contribution in [0.15, 0.2) is 0 Å². The van der Waals surface area contributed by atoms with E-state index in [9.17, 15) is 9.90 Å². The van der Waals surface area contributed by atoms with Crippen LogP contribution in [0.1, 0.15) is 25.7 Å². The summed E-state index contributed by atoms with van der Waals surface area (Å²) >= 11 is 0. The lowest BCUT2D eigenvalue weighted by atomic mass is 10.1.